The van der Waals surface area contributed by atoms with E-state index in [1.54, 1.807) is 14.1 Å². The number of hydrogen-bond acceptors (Lipinski definition) is 4. The minimum atomic E-state index is -4.46. The van der Waals surface area contributed by atoms with Crippen LogP contribution in [0.3, 0.4) is 0 Å². The van der Waals surface area contributed by atoms with Gasteiger partial charge in [0.05, 0.1) is 16.4 Å². The normalized spacial score (nSPS) is 11.3. The van der Waals surface area contributed by atoms with Gasteiger partial charge in [-0.2, -0.15) is 18.2 Å². The van der Waals surface area contributed by atoms with Crippen LogP contribution >= 0.6 is 12.2 Å². The highest BCUT2D eigenvalue weighted by Gasteiger charge is 2.34. The van der Waals surface area contributed by atoms with E-state index in [0.717, 1.165) is 6.07 Å². The Hall–Kier alpha value is -1.43. The standard InChI is InChI=1S/C12H13F3N2OS/c1-17(2)5-6-18-11-7-9(16-8-19)3-4-10(11)12(13,14)15/h3-4,7H,5-6H2,1-2H3. The average molecular weight is 290 g/mol. The zero-order chi connectivity index (χ0) is 14.5. The van der Waals surface area contributed by atoms with Gasteiger partial charge in [0, 0.05) is 12.6 Å². The van der Waals surface area contributed by atoms with Crippen LogP contribution in [0.15, 0.2) is 23.2 Å². The van der Waals surface area contributed by atoms with Gasteiger partial charge in [-0.15, -0.1) is 0 Å². The van der Waals surface area contributed by atoms with E-state index in [0.29, 0.717) is 6.54 Å². The summed E-state index contributed by atoms with van der Waals surface area (Å²) in [5.41, 5.74) is -0.544. The Labute approximate surface area is 114 Å². The highest BCUT2D eigenvalue weighted by molar-refractivity contribution is 7.78. The van der Waals surface area contributed by atoms with E-state index in [1.165, 1.54) is 12.1 Å². The van der Waals surface area contributed by atoms with Crippen molar-refractivity contribution in [3.8, 4) is 5.75 Å². The number of hydrogen-bond donors (Lipinski definition) is 0. The van der Waals surface area contributed by atoms with Crippen molar-refractivity contribution in [2.75, 3.05) is 27.2 Å². The zero-order valence-corrected chi connectivity index (χ0v) is 11.3. The number of benzene rings is 1. The lowest BCUT2D eigenvalue weighted by molar-refractivity contribution is -0.138. The summed E-state index contributed by atoms with van der Waals surface area (Å²) in [4.78, 5) is 5.45. The first-order valence-electron chi connectivity index (χ1n) is 5.41. The SMILES string of the molecule is CN(C)CCOc1cc(N=C=S)ccc1C(F)(F)F. The lowest BCUT2D eigenvalue weighted by atomic mass is 10.1. The molecule has 0 amide bonds. The monoisotopic (exact) mass is 290 g/mol. The number of likely N-dealkylation sites (N-methyl/N-ethyl adjacent to an activating group) is 1. The van der Waals surface area contributed by atoms with Gasteiger partial charge in [0.25, 0.3) is 0 Å². The predicted molar refractivity (Wildman–Crippen MR) is 70.2 cm³/mol. The van der Waals surface area contributed by atoms with Crippen LogP contribution in [0.2, 0.25) is 0 Å². The molecular weight excluding hydrogens is 277 g/mol. The zero-order valence-electron chi connectivity index (χ0n) is 10.5. The van der Waals surface area contributed by atoms with Crippen molar-refractivity contribution in [1.29, 1.82) is 0 Å². The summed E-state index contributed by atoms with van der Waals surface area (Å²) < 4.78 is 43.6. The Balaban J connectivity index is 3.01. The summed E-state index contributed by atoms with van der Waals surface area (Å²) in [5, 5.41) is 2.11. The van der Waals surface area contributed by atoms with Gasteiger partial charge in [-0.3, -0.25) is 0 Å². The smallest absolute Gasteiger partial charge is 0.419 e. The number of rotatable bonds is 5. The molecule has 0 heterocycles. The fourth-order valence-corrected chi connectivity index (χ4v) is 1.43. The maximum absolute atomic E-state index is 12.8. The highest BCUT2D eigenvalue weighted by atomic mass is 32.1. The van der Waals surface area contributed by atoms with Crippen LogP contribution in [0.5, 0.6) is 5.75 Å². The fraction of sp³-hybridized carbons (Fsp3) is 0.417. The second-order valence-corrected chi connectivity index (χ2v) is 4.22. The lowest BCUT2D eigenvalue weighted by Gasteiger charge is -2.16. The quantitative estimate of drug-likeness (QED) is 0.614. The van der Waals surface area contributed by atoms with Crippen molar-refractivity contribution < 1.29 is 17.9 Å². The molecule has 0 spiro atoms. The minimum absolute atomic E-state index is 0.154. The van der Waals surface area contributed by atoms with Crippen LogP contribution in [0.25, 0.3) is 0 Å². The molecule has 0 saturated carbocycles. The second kappa shape index (κ2) is 6.65. The Morgan fingerprint density at radius 3 is 2.58 bits per heavy atom. The van der Waals surface area contributed by atoms with Gasteiger partial charge in [-0.1, -0.05) is 0 Å². The van der Waals surface area contributed by atoms with Crippen molar-refractivity contribution in [3.05, 3.63) is 23.8 Å². The van der Waals surface area contributed by atoms with Gasteiger partial charge in [0.1, 0.15) is 12.4 Å². The van der Waals surface area contributed by atoms with Crippen molar-refractivity contribution >= 4 is 23.1 Å². The number of isothiocyanates is 1. The molecule has 0 bridgehead atoms. The van der Waals surface area contributed by atoms with E-state index < -0.39 is 11.7 Å². The number of nitrogens with zero attached hydrogens (tertiary/aromatic N) is 2. The Bertz CT molecular complexity index is 482. The molecule has 1 rings (SSSR count). The van der Waals surface area contributed by atoms with Crippen LogP contribution in [0, 0.1) is 0 Å². The maximum Gasteiger partial charge on any atom is 0.419 e. The molecule has 7 heteroatoms. The largest absolute Gasteiger partial charge is 0.492 e. The Kier molecular flexibility index (Phi) is 5.47. The van der Waals surface area contributed by atoms with Crippen LogP contribution < -0.4 is 4.74 Å². The molecule has 0 aromatic heterocycles. The number of halogens is 3. The molecule has 0 aliphatic heterocycles. The summed E-state index contributed by atoms with van der Waals surface area (Å²) in [6, 6.07) is 3.36. The molecule has 0 fully saturated rings. The summed E-state index contributed by atoms with van der Waals surface area (Å²) in [6.45, 7) is 0.665. The molecule has 19 heavy (non-hydrogen) atoms. The van der Waals surface area contributed by atoms with Crippen LogP contribution in [-0.2, 0) is 6.18 Å². The second-order valence-electron chi connectivity index (χ2n) is 4.03. The molecule has 3 nitrogen and oxygen atoms in total. The van der Waals surface area contributed by atoms with Gasteiger partial charge in [0.15, 0.2) is 0 Å². The first-order valence-corrected chi connectivity index (χ1v) is 5.82. The lowest BCUT2D eigenvalue weighted by Crippen LogP contribution is -2.20. The van der Waals surface area contributed by atoms with Crippen molar-refractivity contribution in [2.24, 2.45) is 4.99 Å². The molecule has 1 aromatic carbocycles. The van der Waals surface area contributed by atoms with E-state index in [9.17, 15) is 13.2 Å². The molecule has 0 radical (unpaired) electrons. The van der Waals surface area contributed by atoms with Crippen LogP contribution in [0.4, 0.5) is 18.9 Å². The van der Waals surface area contributed by atoms with Crippen LogP contribution in [0.1, 0.15) is 5.56 Å². The maximum atomic E-state index is 12.8. The first-order chi connectivity index (χ1) is 8.84. The highest BCUT2D eigenvalue weighted by Crippen LogP contribution is 2.38. The van der Waals surface area contributed by atoms with E-state index >= 15 is 0 Å². The summed E-state index contributed by atoms with van der Waals surface area (Å²) >= 11 is 4.42. The van der Waals surface area contributed by atoms with E-state index in [1.807, 2.05) is 4.90 Å². The molecule has 0 aliphatic carbocycles. The molecule has 104 valence electrons. The third kappa shape index (κ3) is 4.98. The third-order valence-corrected chi connectivity index (χ3v) is 2.33. The number of alkyl halides is 3. The predicted octanol–water partition coefficient (Wildman–Crippen LogP) is 3.38. The molecular formula is C12H13F3N2OS. The molecule has 0 atom stereocenters. The number of ether oxygens (including phenoxy) is 1. The molecule has 0 aliphatic rings. The van der Waals surface area contributed by atoms with E-state index in [-0.39, 0.29) is 18.0 Å². The Morgan fingerprint density at radius 1 is 1.37 bits per heavy atom. The number of thiocarbonyl (C=S) groups is 1. The van der Waals surface area contributed by atoms with E-state index in [2.05, 4.69) is 22.4 Å². The molecule has 0 N–H and O–H groups in total. The topological polar surface area (TPSA) is 24.8 Å². The van der Waals surface area contributed by atoms with Crippen molar-refractivity contribution in [1.82, 2.24) is 4.90 Å². The summed E-state index contributed by atoms with van der Waals surface area (Å²) in [5.74, 6) is -0.249. The molecule has 0 unspecified atom stereocenters. The van der Waals surface area contributed by atoms with E-state index in [4.69, 9.17) is 4.74 Å². The van der Waals surface area contributed by atoms with Crippen LogP contribution in [-0.4, -0.2) is 37.3 Å². The number of aliphatic imine (C=N–C) groups is 1. The van der Waals surface area contributed by atoms with Crippen molar-refractivity contribution in [2.45, 2.75) is 6.18 Å². The van der Waals surface area contributed by atoms with Gasteiger partial charge >= 0.3 is 6.18 Å². The minimum Gasteiger partial charge on any atom is -0.492 e. The average Bonchev–Trinajstić information content (AvgIpc) is 2.27. The van der Waals surface area contributed by atoms with Gasteiger partial charge in [0.2, 0.25) is 0 Å². The molecule has 1 aromatic rings. The fourth-order valence-electron chi connectivity index (χ4n) is 1.33. The first kappa shape index (κ1) is 15.6. The third-order valence-electron chi connectivity index (χ3n) is 2.24. The van der Waals surface area contributed by atoms with Crippen molar-refractivity contribution in [3.63, 3.8) is 0 Å². The van der Waals surface area contributed by atoms with Gasteiger partial charge < -0.3 is 9.64 Å². The molecule has 0 saturated heterocycles. The summed E-state index contributed by atoms with van der Waals surface area (Å²) in [6.07, 6.45) is -4.46. The summed E-state index contributed by atoms with van der Waals surface area (Å²) in [7, 11) is 3.61. The Morgan fingerprint density at radius 2 is 2.05 bits per heavy atom. The van der Waals surface area contributed by atoms with Gasteiger partial charge in [-0.25, -0.2) is 0 Å². The van der Waals surface area contributed by atoms with Gasteiger partial charge in [-0.05, 0) is 38.4 Å².